The van der Waals surface area contributed by atoms with Crippen LogP contribution in [0, 0.1) is 20.8 Å². The summed E-state index contributed by atoms with van der Waals surface area (Å²) in [5, 5.41) is 11.4. The molecule has 0 radical (unpaired) electrons. The number of ether oxygens (including phenoxy) is 1. The molecule has 0 spiro atoms. The SMILES string of the molecule is Cc1ccc(C)c(OCc2nnc(SCC(=O)Nc3c(C)cccc3C(C)C)o2)c1. The average molecular weight is 426 g/mol. The summed E-state index contributed by atoms with van der Waals surface area (Å²) in [5.41, 5.74) is 5.22. The number of hydrogen-bond donors (Lipinski definition) is 1. The summed E-state index contributed by atoms with van der Waals surface area (Å²) in [6.45, 7) is 10.4. The summed E-state index contributed by atoms with van der Waals surface area (Å²) < 4.78 is 11.4. The number of benzene rings is 2. The Kier molecular flexibility index (Phi) is 7.15. The van der Waals surface area contributed by atoms with E-state index in [4.69, 9.17) is 9.15 Å². The fraction of sp³-hybridized carbons (Fsp3) is 0.348. The third-order valence-electron chi connectivity index (χ3n) is 4.66. The van der Waals surface area contributed by atoms with Crippen LogP contribution in [0.2, 0.25) is 0 Å². The van der Waals surface area contributed by atoms with Crippen LogP contribution in [0.25, 0.3) is 0 Å². The number of nitrogens with one attached hydrogen (secondary N) is 1. The molecule has 1 aromatic heterocycles. The Balaban J connectivity index is 1.54. The quantitative estimate of drug-likeness (QED) is 0.485. The summed E-state index contributed by atoms with van der Waals surface area (Å²) in [4.78, 5) is 12.5. The summed E-state index contributed by atoms with van der Waals surface area (Å²) in [6, 6.07) is 12.1. The first-order valence-corrected chi connectivity index (χ1v) is 10.9. The standard InChI is InChI=1S/C23H27N3O3S/c1-14(2)18-8-6-7-17(5)22(18)24-20(27)13-30-23-26-25-21(29-23)12-28-19-11-15(3)9-10-16(19)4/h6-11,14H,12-13H2,1-5H3,(H,24,27). The second kappa shape index (κ2) is 9.80. The van der Waals surface area contributed by atoms with E-state index in [1.807, 2.05) is 57.2 Å². The van der Waals surface area contributed by atoms with E-state index >= 15 is 0 Å². The second-order valence-corrected chi connectivity index (χ2v) is 8.48. The third kappa shape index (κ3) is 5.63. The van der Waals surface area contributed by atoms with Crippen molar-refractivity contribution >= 4 is 23.4 Å². The minimum absolute atomic E-state index is 0.109. The lowest BCUT2D eigenvalue weighted by molar-refractivity contribution is -0.113. The van der Waals surface area contributed by atoms with Crippen LogP contribution in [0.3, 0.4) is 0 Å². The molecule has 1 N–H and O–H groups in total. The maximum absolute atomic E-state index is 12.5. The molecule has 1 amide bonds. The number of aromatic nitrogens is 2. The van der Waals surface area contributed by atoms with Crippen molar-refractivity contribution in [2.75, 3.05) is 11.1 Å². The van der Waals surface area contributed by atoms with Gasteiger partial charge in [-0.3, -0.25) is 4.79 Å². The van der Waals surface area contributed by atoms with Gasteiger partial charge in [-0.2, -0.15) is 0 Å². The predicted octanol–water partition coefficient (Wildman–Crippen LogP) is 5.43. The molecule has 0 aliphatic carbocycles. The molecule has 2 aromatic carbocycles. The molecule has 0 bridgehead atoms. The molecule has 0 fully saturated rings. The Morgan fingerprint density at radius 3 is 2.70 bits per heavy atom. The Morgan fingerprint density at radius 1 is 1.13 bits per heavy atom. The topological polar surface area (TPSA) is 77.2 Å². The maximum Gasteiger partial charge on any atom is 0.277 e. The number of nitrogens with zero attached hydrogens (tertiary/aromatic N) is 2. The highest BCUT2D eigenvalue weighted by Gasteiger charge is 2.14. The van der Waals surface area contributed by atoms with Gasteiger partial charge < -0.3 is 14.5 Å². The van der Waals surface area contributed by atoms with E-state index in [1.54, 1.807) is 0 Å². The number of rotatable bonds is 8. The average Bonchev–Trinajstić information content (AvgIpc) is 3.16. The second-order valence-electron chi connectivity index (χ2n) is 7.55. The molecule has 0 saturated heterocycles. The van der Waals surface area contributed by atoms with E-state index in [0.29, 0.717) is 17.0 Å². The van der Waals surface area contributed by atoms with E-state index in [9.17, 15) is 4.79 Å². The molecule has 0 saturated carbocycles. The smallest absolute Gasteiger partial charge is 0.277 e. The highest BCUT2D eigenvalue weighted by atomic mass is 32.2. The lowest BCUT2D eigenvalue weighted by Crippen LogP contribution is -2.16. The summed E-state index contributed by atoms with van der Waals surface area (Å²) in [6.07, 6.45) is 0. The largest absolute Gasteiger partial charge is 0.484 e. The molecule has 0 unspecified atom stereocenters. The zero-order chi connectivity index (χ0) is 21.7. The summed E-state index contributed by atoms with van der Waals surface area (Å²) >= 11 is 1.21. The number of hydrogen-bond acceptors (Lipinski definition) is 6. The van der Waals surface area contributed by atoms with E-state index in [1.165, 1.54) is 11.8 Å². The first-order chi connectivity index (χ1) is 14.3. The number of amides is 1. The molecular weight excluding hydrogens is 398 g/mol. The highest BCUT2D eigenvalue weighted by Crippen LogP contribution is 2.28. The van der Waals surface area contributed by atoms with Gasteiger partial charge in [0.1, 0.15) is 5.75 Å². The van der Waals surface area contributed by atoms with Crippen LogP contribution in [0.4, 0.5) is 5.69 Å². The van der Waals surface area contributed by atoms with Crippen LogP contribution < -0.4 is 10.1 Å². The molecule has 0 atom stereocenters. The zero-order valence-corrected chi connectivity index (χ0v) is 18.8. The van der Waals surface area contributed by atoms with Gasteiger partial charge in [-0.1, -0.05) is 55.9 Å². The number of anilines is 1. The van der Waals surface area contributed by atoms with Gasteiger partial charge in [0.15, 0.2) is 6.61 Å². The highest BCUT2D eigenvalue weighted by molar-refractivity contribution is 7.99. The van der Waals surface area contributed by atoms with Crippen molar-refractivity contribution in [3.05, 3.63) is 64.5 Å². The van der Waals surface area contributed by atoms with Gasteiger partial charge in [0.25, 0.3) is 11.1 Å². The van der Waals surface area contributed by atoms with Gasteiger partial charge in [0.2, 0.25) is 5.91 Å². The Labute approximate surface area is 181 Å². The molecule has 7 heteroatoms. The van der Waals surface area contributed by atoms with Gasteiger partial charge in [-0.25, -0.2) is 0 Å². The summed E-state index contributed by atoms with van der Waals surface area (Å²) in [5.74, 6) is 1.57. The van der Waals surface area contributed by atoms with Crippen LogP contribution in [0.5, 0.6) is 5.75 Å². The van der Waals surface area contributed by atoms with Gasteiger partial charge in [0.05, 0.1) is 5.75 Å². The van der Waals surface area contributed by atoms with Crippen molar-refractivity contribution in [3.8, 4) is 5.75 Å². The van der Waals surface area contributed by atoms with Crippen LogP contribution >= 0.6 is 11.8 Å². The molecule has 0 aliphatic heterocycles. The fourth-order valence-corrected chi connectivity index (χ4v) is 3.58. The molecule has 30 heavy (non-hydrogen) atoms. The maximum atomic E-state index is 12.5. The van der Waals surface area contributed by atoms with Crippen LogP contribution in [-0.4, -0.2) is 21.9 Å². The monoisotopic (exact) mass is 425 g/mol. The van der Waals surface area contributed by atoms with Crippen LogP contribution in [0.1, 0.15) is 47.9 Å². The van der Waals surface area contributed by atoms with Crippen molar-refractivity contribution in [1.82, 2.24) is 10.2 Å². The molecule has 0 aliphatic rings. The number of thioether (sulfide) groups is 1. The van der Waals surface area contributed by atoms with Gasteiger partial charge in [0, 0.05) is 5.69 Å². The fourth-order valence-electron chi connectivity index (χ4n) is 3.00. The minimum Gasteiger partial charge on any atom is -0.484 e. The van der Waals surface area contributed by atoms with E-state index < -0.39 is 0 Å². The lowest BCUT2D eigenvalue weighted by Gasteiger charge is -2.16. The number of aryl methyl sites for hydroxylation is 3. The van der Waals surface area contributed by atoms with Crippen molar-refractivity contribution in [1.29, 1.82) is 0 Å². The van der Waals surface area contributed by atoms with Crippen LogP contribution in [0.15, 0.2) is 46.0 Å². The van der Waals surface area contributed by atoms with Gasteiger partial charge in [-0.05, 0) is 55.0 Å². The Morgan fingerprint density at radius 2 is 1.93 bits per heavy atom. The summed E-state index contributed by atoms with van der Waals surface area (Å²) in [7, 11) is 0. The Bertz CT molecular complexity index is 1030. The number of para-hydroxylation sites is 1. The number of carbonyl (C=O) groups is 1. The molecule has 158 valence electrons. The van der Waals surface area contributed by atoms with E-state index in [-0.39, 0.29) is 18.3 Å². The van der Waals surface area contributed by atoms with Crippen molar-refractivity contribution < 1.29 is 13.9 Å². The molecule has 3 aromatic rings. The van der Waals surface area contributed by atoms with E-state index in [0.717, 1.165) is 33.7 Å². The molecule has 1 heterocycles. The Hall–Kier alpha value is -2.80. The number of carbonyl (C=O) groups excluding carboxylic acids is 1. The first kappa shape index (κ1) is 21.9. The van der Waals surface area contributed by atoms with E-state index in [2.05, 4.69) is 29.4 Å². The van der Waals surface area contributed by atoms with Crippen molar-refractivity contribution in [2.24, 2.45) is 0 Å². The normalized spacial score (nSPS) is 11.0. The van der Waals surface area contributed by atoms with Crippen molar-refractivity contribution in [2.45, 2.75) is 52.4 Å². The third-order valence-corrected chi connectivity index (χ3v) is 5.48. The van der Waals surface area contributed by atoms with Crippen molar-refractivity contribution in [3.63, 3.8) is 0 Å². The lowest BCUT2D eigenvalue weighted by atomic mass is 9.98. The zero-order valence-electron chi connectivity index (χ0n) is 18.0. The van der Waals surface area contributed by atoms with Crippen LogP contribution in [-0.2, 0) is 11.4 Å². The van der Waals surface area contributed by atoms with Gasteiger partial charge in [-0.15, -0.1) is 10.2 Å². The predicted molar refractivity (Wildman–Crippen MR) is 119 cm³/mol. The molecule has 6 nitrogen and oxygen atoms in total. The van der Waals surface area contributed by atoms with Gasteiger partial charge >= 0.3 is 0 Å². The molecular formula is C23H27N3O3S. The molecule has 3 rings (SSSR count). The minimum atomic E-state index is -0.109. The first-order valence-electron chi connectivity index (χ1n) is 9.88.